The highest BCUT2D eigenvalue weighted by molar-refractivity contribution is 5.58. The van der Waals surface area contributed by atoms with Crippen LogP contribution in [0.2, 0.25) is 0 Å². The molecular formula is C29H32N4O. The molecule has 2 N–H and O–H groups in total. The van der Waals surface area contributed by atoms with Gasteiger partial charge in [0.25, 0.3) is 0 Å². The highest BCUT2D eigenvalue weighted by atomic mass is 16.3. The molecule has 0 aliphatic heterocycles. The van der Waals surface area contributed by atoms with Gasteiger partial charge in [-0.2, -0.15) is 5.10 Å². The molecule has 5 nitrogen and oxygen atoms in total. The Labute approximate surface area is 201 Å². The number of aromatic hydroxyl groups is 1. The molecule has 0 saturated carbocycles. The van der Waals surface area contributed by atoms with Gasteiger partial charge in [-0.1, -0.05) is 48.5 Å². The first kappa shape index (κ1) is 23.3. The Morgan fingerprint density at radius 2 is 1.65 bits per heavy atom. The van der Waals surface area contributed by atoms with Gasteiger partial charge in [0.05, 0.1) is 24.5 Å². The van der Waals surface area contributed by atoms with Crippen LogP contribution in [0.1, 0.15) is 44.9 Å². The lowest BCUT2D eigenvalue weighted by atomic mass is 9.97. The summed E-state index contributed by atoms with van der Waals surface area (Å²) in [7, 11) is 0. The van der Waals surface area contributed by atoms with E-state index in [0.29, 0.717) is 18.8 Å². The smallest absolute Gasteiger partial charge is 0.119 e. The standard InChI is InChI=1S/C29H32N4O/c1-20-8-10-24(12-13-25-11-9-21(2)16-29(25)34)26(15-20)19-33-22(3)17-28(32-33)23(4)31-18-27-7-5-6-14-30-27/h5-11,14-17,31,34H,4,12-13,18-19H2,1-3H3. The Hall–Kier alpha value is -3.86. The lowest BCUT2D eigenvalue weighted by molar-refractivity contribution is 0.467. The molecule has 2 heterocycles. The Morgan fingerprint density at radius 1 is 0.912 bits per heavy atom. The van der Waals surface area contributed by atoms with Crippen LogP contribution in [0.5, 0.6) is 5.75 Å². The van der Waals surface area contributed by atoms with Crippen molar-refractivity contribution < 1.29 is 5.11 Å². The lowest BCUT2D eigenvalue weighted by Crippen LogP contribution is -2.13. The van der Waals surface area contributed by atoms with Gasteiger partial charge in [-0.05, 0) is 80.1 Å². The maximum Gasteiger partial charge on any atom is 0.119 e. The second kappa shape index (κ2) is 10.4. The van der Waals surface area contributed by atoms with Gasteiger partial charge in [0.15, 0.2) is 0 Å². The number of hydrogen-bond acceptors (Lipinski definition) is 4. The Bertz CT molecular complexity index is 1290. The van der Waals surface area contributed by atoms with E-state index in [0.717, 1.165) is 46.7 Å². The second-order valence-corrected chi connectivity index (χ2v) is 8.89. The monoisotopic (exact) mass is 452 g/mol. The summed E-state index contributed by atoms with van der Waals surface area (Å²) in [6, 6.07) is 20.4. The highest BCUT2D eigenvalue weighted by Gasteiger charge is 2.12. The van der Waals surface area contributed by atoms with Crippen molar-refractivity contribution in [2.45, 2.75) is 46.7 Å². The number of nitrogens with zero attached hydrogens (tertiary/aromatic N) is 3. The van der Waals surface area contributed by atoms with Crippen LogP contribution in [0.15, 0.2) is 73.4 Å². The molecule has 0 spiro atoms. The molecule has 0 amide bonds. The average molecular weight is 453 g/mol. The third-order valence-electron chi connectivity index (χ3n) is 6.09. The fraction of sp³-hybridized carbons (Fsp3) is 0.241. The van der Waals surface area contributed by atoms with E-state index in [1.807, 2.05) is 41.9 Å². The maximum absolute atomic E-state index is 10.3. The number of aromatic nitrogens is 3. The van der Waals surface area contributed by atoms with E-state index in [1.165, 1.54) is 16.7 Å². The average Bonchev–Trinajstić information content (AvgIpc) is 3.19. The summed E-state index contributed by atoms with van der Waals surface area (Å²) in [5, 5.41) is 18.4. The normalized spacial score (nSPS) is 10.9. The number of pyridine rings is 1. The molecule has 0 saturated heterocycles. The van der Waals surface area contributed by atoms with E-state index < -0.39 is 0 Å². The van der Waals surface area contributed by atoms with Crippen LogP contribution in [0.25, 0.3) is 5.70 Å². The number of benzene rings is 2. The van der Waals surface area contributed by atoms with Crippen molar-refractivity contribution in [3.05, 3.63) is 118 Å². The lowest BCUT2D eigenvalue weighted by Gasteiger charge is -2.13. The predicted molar refractivity (Wildman–Crippen MR) is 138 cm³/mol. The van der Waals surface area contributed by atoms with E-state index in [2.05, 4.69) is 61.1 Å². The van der Waals surface area contributed by atoms with Crippen LogP contribution in [-0.4, -0.2) is 19.9 Å². The number of rotatable bonds is 9. The quantitative estimate of drug-likeness (QED) is 0.352. The SMILES string of the molecule is C=C(NCc1ccccn1)c1cc(C)n(Cc2cc(C)ccc2CCc2ccc(C)cc2O)n1. The van der Waals surface area contributed by atoms with Crippen molar-refractivity contribution in [3.63, 3.8) is 0 Å². The van der Waals surface area contributed by atoms with Gasteiger partial charge < -0.3 is 10.4 Å². The summed E-state index contributed by atoms with van der Waals surface area (Å²) >= 11 is 0. The third kappa shape index (κ3) is 5.73. The highest BCUT2D eigenvalue weighted by Crippen LogP contribution is 2.23. The third-order valence-corrected chi connectivity index (χ3v) is 6.09. The van der Waals surface area contributed by atoms with Crippen molar-refractivity contribution in [1.82, 2.24) is 20.1 Å². The Morgan fingerprint density at radius 3 is 2.38 bits per heavy atom. The van der Waals surface area contributed by atoms with E-state index >= 15 is 0 Å². The minimum Gasteiger partial charge on any atom is -0.508 e. The topological polar surface area (TPSA) is 63.0 Å². The summed E-state index contributed by atoms with van der Waals surface area (Å²) in [5.41, 5.74) is 9.46. The van der Waals surface area contributed by atoms with Crippen LogP contribution in [-0.2, 0) is 25.9 Å². The first-order valence-electron chi connectivity index (χ1n) is 11.6. The summed E-state index contributed by atoms with van der Waals surface area (Å²) in [6.07, 6.45) is 3.44. The molecule has 0 atom stereocenters. The summed E-state index contributed by atoms with van der Waals surface area (Å²) < 4.78 is 2.03. The second-order valence-electron chi connectivity index (χ2n) is 8.89. The molecular weight excluding hydrogens is 420 g/mol. The number of aryl methyl sites for hydroxylation is 5. The molecule has 4 aromatic rings. The predicted octanol–water partition coefficient (Wildman–Crippen LogP) is 5.50. The minimum atomic E-state index is 0.373. The molecule has 0 aliphatic carbocycles. The zero-order valence-electron chi connectivity index (χ0n) is 20.2. The van der Waals surface area contributed by atoms with E-state index in [9.17, 15) is 5.11 Å². The van der Waals surface area contributed by atoms with Crippen molar-refractivity contribution in [2.24, 2.45) is 0 Å². The van der Waals surface area contributed by atoms with Gasteiger partial charge in [-0.25, -0.2) is 0 Å². The van der Waals surface area contributed by atoms with E-state index in [1.54, 1.807) is 6.20 Å². The largest absolute Gasteiger partial charge is 0.508 e. The van der Waals surface area contributed by atoms with Crippen LogP contribution in [0.3, 0.4) is 0 Å². The summed E-state index contributed by atoms with van der Waals surface area (Å²) in [5.74, 6) is 0.373. The van der Waals surface area contributed by atoms with Crippen LogP contribution < -0.4 is 5.32 Å². The molecule has 0 radical (unpaired) electrons. The number of phenolic OH excluding ortho intramolecular Hbond substituents is 1. The number of hydrogen-bond donors (Lipinski definition) is 2. The molecule has 5 heteroatoms. The van der Waals surface area contributed by atoms with Crippen LogP contribution in [0.4, 0.5) is 0 Å². The molecule has 2 aromatic heterocycles. The summed E-state index contributed by atoms with van der Waals surface area (Å²) in [6.45, 7) is 11.7. The van der Waals surface area contributed by atoms with Gasteiger partial charge in [-0.3, -0.25) is 9.67 Å². The Balaban J connectivity index is 1.47. The number of phenols is 1. The van der Waals surface area contributed by atoms with Crippen LogP contribution in [0, 0.1) is 20.8 Å². The van der Waals surface area contributed by atoms with E-state index in [4.69, 9.17) is 5.10 Å². The van der Waals surface area contributed by atoms with Gasteiger partial charge in [0.2, 0.25) is 0 Å². The first-order chi connectivity index (χ1) is 16.4. The molecule has 0 bridgehead atoms. The van der Waals surface area contributed by atoms with Crippen molar-refractivity contribution in [2.75, 3.05) is 0 Å². The van der Waals surface area contributed by atoms with Crippen LogP contribution >= 0.6 is 0 Å². The molecule has 34 heavy (non-hydrogen) atoms. The fourth-order valence-corrected chi connectivity index (χ4v) is 4.07. The molecule has 0 unspecified atom stereocenters. The Kier molecular flexibility index (Phi) is 7.12. The number of nitrogens with one attached hydrogen (secondary N) is 1. The van der Waals surface area contributed by atoms with Gasteiger partial charge in [0.1, 0.15) is 11.4 Å². The first-order valence-corrected chi connectivity index (χ1v) is 11.6. The van der Waals surface area contributed by atoms with Gasteiger partial charge in [0, 0.05) is 11.9 Å². The fourth-order valence-electron chi connectivity index (χ4n) is 4.07. The van der Waals surface area contributed by atoms with E-state index in [-0.39, 0.29) is 0 Å². The van der Waals surface area contributed by atoms with Gasteiger partial charge >= 0.3 is 0 Å². The van der Waals surface area contributed by atoms with Crippen molar-refractivity contribution in [3.8, 4) is 5.75 Å². The zero-order chi connectivity index (χ0) is 24.1. The zero-order valence-corrected chi connectivity index (χ0v) is 20.2. The van der Waals surface area contributed by atoms with Crippen molar-refractivity contribution >= 4 is 5.70 Å². The summed E-state index contributed by atoms with van der Waals surface area (Å²) in [4.78, 5) is 4.34. The van der Waals surface area contributed by atoms with Crippen molar-refractivity contribution in [1.29, 1.82) is 0 Å². The molecule has 0 fully saturated rings. The van der Waals surface area contributed by atoms with Gasteiger partial charge in [-0.15, -0.1) is 0 Å². The molecule has 2 aromatic carbocycles. The molecule has 0 aliphatic rings. The molecule has 4 rings (SSSR count). The minimum absolute atomic E-state index is 0.373. The maximum atomic E-state index is 10.3. The molecule has 174 valence electrons.